The molecule has 4 heteroatoms. The third kappa shape index (κ3) is 2.69. The number of Topliss-reactive ketones (excluding diaryl/α,β-unsaturated/α-hetero) is 1. The van der Waals surface area contributed by atoms with E-state index in [2.05, 4.69) is 4.98 Å². The van der Waals surface area contributed by atoms with Crippen molar-refractivity contribution >= 4 is 22.8 Å². The van der Waals surface area contributed by atoms with E-state index in [9.17, 15) is 10.1 Å². The molecule has 1 aromatic heterocycles. The fourth-order valence-electron chi connectivity index (χ4n) is 2.67. The zero-order chi connectivity index (χ0) is 17.1. The van der Waals surface area contributed by atoms with E-state index in [1.807, 2.05) is 43.3 Å². The minimum absolute atomic E-state index is 0.0626. The molecule has 2 aromatic carbocycles. The molecule has 0 amide bonds. The van der Waals surface area contributed by atoms with Gasteiger partial charge in [-0.15, -0.1) is 0 Å². The van der Waals surface area contributed by atoms with E-state index in [0.29, 0.717) is 16.7 Å². The van der Waals surface area contributed by atoms with Gasteiger partial charge in [0.25, 0.3) is 0 Å². The van der Waals surface area contributed by atoms with Gasteiger partial charge in [-0.05, 0) is 36.8 Å². The number of benzene rings is 2. The van der Waals surface area contributed by atoms with Crippen LogP contribution in [-0.2, 0) is 0 Å². The van der Waals surface area contributed by atoms with E-state index in [0.717, 1.165) is 16.6 Å². The summed E-state index contributed by atoms with van der Waals surface area (Å²) >= 11 is 0. The number of aromatic nitrogens is 1. The first kappa shape index (κ1) is 15.3. The van der Waals surface area contributed by atoms with Crippen LogP contribution in [0.5, 0.6) is 0 Å². The first-order chi connectivity index (χ1) is 11.6. The molecule has 0 saturated heterocycles. The second kappa shape index (κ2) is 6.24. The summed E-state index contributed by atoms with van der Waals surface area (Å²) < 4.78 is 0. The minimum atomic E-state index is -0.309. The Kier molecular flexibility index (Phi) is 3.97. The van der Waals surface area contributed by atoms with Crippen LogP contribution in [0.25, 0.3) is 17.0 Å². The first-order valence-corrected chi connectivity index (χ1v) is 7.38. The van der Waals surface area contributed by atoms with Crippen LogP contribution < -0.4 is 0 Å². The summed E-state index contributed by atoms with van der Waals surface area (Å²) in [5, 5.41) is 19.1. The van der Waals surface area contributed by atoms with Crippen LogP contribution in [0.1, 0.15) is 27.2 Å². The molecule has 3 rings (SSSR count). The lowest BCUT2D eigenvalue weighted by Gasteiger charge is -2.01. The summed E-state index contributed by atoms with van der Waals surface area (Å²) in [6.45, 7) is 1.82. The molecular weight excluding hydrogens is 298 g/mol. The maximum atomic E-state index is 12.8. The van der Waals surface area contributed by atoms with Crippen LogP contribution in [0.2, 0.25) is 0 Å². The van der Waals surface area contributed by atoms with Crippen LogP contribution in [0.4, 0.5) is 0 Å². The van der Waals surface area contributed by atoms with Crippen molar-refractivity contribution in [1.29, 1.82) is 10.5 Å². The van der Waals surface area contributed by atoms with Gasteiger partial charge in [0.2, 0.25) is 5.78 Å². The van der Waals surface area contributed by atoms with E-state index >= 15 is 0 Å². The Labute approximate surface area is 139 Å². The van der Waals surface area contributed by atoms with Gasteiger partial charge in [0.05, 0.1) is 17.2 Å². The topological polar surface area (TPSA) is 80.4 Å². The van der Waals surface area contributed by atoms with Gasteiger partial charge in [-0.3, -0.25) is 4.79 Å². The summed E-state index contributed by atoms with van der Waals surface area (Å²) in [4.78, 5) is 16.0. The number of aryl methyl sites for hydroxylation is 1. The number of hydrogen-bond acceptors (Lipinski definition) is 3. The van der Waals surface area contributed by atoms with Gasteiger partial charge in [0, 0.05) is 16.6 Å². The Hall–Kier alpha value is -3.63. The van der Waals surface area contributed by atoms with Crippen molar-refractivity contribution in [2.75, 3.05) is 0 Å². The molecule has 1 N–H and O–H groups in total. The smallest absolute Gasteiger partial charge is 0.205 e. The van der Waals surface area contributed by atoms with Gasteiger partial charge < -0.3 is 4.98 Å². The molecule has 3 aromatic rings. The number of H-pyrrole nitrogens is 1. The number of carbonyl (C=O) groups excluding carboxylic acids is 1. The third-order valence-electron chi connectivity index (χ3n) is 3.84. The molecule has 0 spiro atoms. The normalized spacial score (nSPS) is 11.0. The summed E-state index contributed by atoms with van der Waals surface area (Å²) in [5.41, 5.74) is 3.43. The number of nitrogens with zero attached hydrogens (tertiary/aromatic N) is 2. The molecule has 114 valence electrons. The van der Waals surface area contributed by atoms with Crippen molar-refractivity contribution in [3.05, 3.63) is 76.5 Å². The number of para-hydroxylation sites is 1. The number of hydrogen-bond donors (Lipinski definition) is 1. The molecule has 0 aliphatic heterocycles. The molecule has 4 nitrogen and oxygen atoms in total. The molecular formula is C20H13N3O. The zero-order valence-corrected chi connectivity index (χ0v) is 13.0. The lowest BCUT2D eigenvalue weighted by Crippen LogP contribution is -2.03. The summed E-state index contributed by atoms with van der Waals surface area (Å²) in [5.74, 6) is -0.309. The van der Waals surface area contributed by atoms with Crippen LogP contribution in [0.15, 0.2) is 54.1 Å². The van der Waals surface area contributed by atoms with Gasteiger partial charge in [0.1, 0.15) is 11.6 Å². The Bertz CT molecular complexity index is 1040. The Balaban J connectivity index is 2.05. The standard InChI is InChI=1S/C20H13N3O/c1-13-19(17-4-2-3-5-18(17)23-13)20(24)16(12-22)10-14-6-8-15(11-21)9-7-14/h2-10,23H,1H3. The largest absolute Gasteiger partial charge is 0.358 e. The molecule has 0 unspecified atom stereocenters. The van der Waals surface area contributed by atoms with Crippen molar-refractivity contribution in [2.45, 2.75) is 6.92 Å². The zero-order valence-electron chi connectivity index (χ0n) is 13.0. The van der Waals surface area contributed by atoms with E-state index in [-0.39, 0.29) is 11.4 Å². The van der Waals surface area contributed by atoms with Crippen molar-refractivity contribution in [2.24, 2.45) is 0 Å². The molecule has 24 heavy (non-hydrogen) atoms. The maximum Gasteiger partial charge on any atom is 0.205 e. The highest BCUT2D eigenvalue weighted by atomic mass is 16.1. The van der Waals surface area contributed by atoms with Crippen LogP contribution in [0, 0.1) is 29.6 Å². The fraction of sp³-hybridized carbons (Fsp3) is 0.0500. The fourth-order valence-corrected chi connectivity index (χ4v) is 2.67. The van der Waals surface area contributed by atoms with Crippen LogP contribution in [-0.4, -0.2) is 10.8 Å². The monoisotopic (exact) mass is 311 g/mol. The van der Waals surface area contributed by atoms with Gasteiger partial charge in [-0.2, -0.15) is 10.5 Å². The van der Waals surface area contributed by atoms with E-state index in [4.69, 9.17) is 5.26 Å². The minimum Gasteiger partial charge on any atom is -0.358 e. The maximum absolute atomic E-state index is 12.8. The van der Waals surface area contributed by atoms with Gasteiger partial charge >= 0.3 is 0 Å². The number of fused-ring (bicyclic) bond motifs is 1. The molecule has 0 aliphatic carbocycles. The summed E-state index contributed by atoms with van der Waals surface area (Å²) in [7, 11) is 0. The average molecular weight is 311 g/mol. The number of aromatic amines is 1. The first-order valence-electron chi connectivity index (χ1n) is 7.38. The van der Waals surface area contributed by atoms with E-state index < -0.39 is 0 Å². The number of carbonyl (C=O) groups is 1. The average Bonchev–Trinajstić information content (AvgIpc) is 2.95. The molecule has 1 heterocycles. The van der Waals surface area contributed by atoms with Crippen molar-refractivity contribution in [1.82, 2.24) is 4.98 Å². The highest BCUT2D eigenvalue weighted by molar-refractivity contribution is 6.20. The van der Waals surface area contributed by atoms with Gasteiger partial charge in [-0.1, -0.05) is 30.3 Å². The number of nitriles is 2. The van der Waals surface area contributed by atoms with E-state index in [1.165, 1.54) is 0 Å². The lowest BCUT2D eigenvalue weighted by atomic mass is 9.99. The highest BCUT2D eigenvalue weighted by Crippen LogP contribution is 2.25. The van der Waals surface area contributed by atoms with Gasteiger partial charge in [0.15, 0.2) is 0 Å². The summed E-state index contributed by atoms with van der Waals surface area (Å²) in [6.07, 6.45) is 1.55. The summed E-state index contributed by atoms with van der Waals surface area (Å²) in [6, 6.07) is 18.3. The number of allylic oxidation sites excluding steroid dienone is 1. The van der Waals surface area contributed by atoms with Gasteiger partial charge in [-0.25, -0.2) is 0 Å². The van der Waals surface area contributed by atoms with Crippen molar-refractivity contribution in [3.8, 4) is 12.1 Å². The third-order valence-corrected chi connectivity index (χ3v) is 3.84. The number of ketones is 1. The lowest BCUT2D eigenvalue weighted by molar-refractivity contribution is 0.104. The van der Waals surface area contributed by atoms with Crippen molar-refractivity contribution in [3.63, 3.8) is 0 Å². The molecule has 0 saturated carbocycles. The molecule has 0 atom stereocenters. The van der Waals surface area contributed by atoms with Crippen LogP contribution in [0.3, 0.4) is 0 Å². The molecule has 0 radical (unpaired) electrons. The highest BCUT2D eigenvalue weighted by Gasteiger charge is 2.19. The Morgan fingerprint density at radius 1 is 1.08 bits per heavy atom. The van der Waals surface area contributed by atoms with Crippen molar-refractivity contribution < 1.29 is 4.79 Å². The molecule has 0 bridgehead atoms. The predicted molar refractivity (Wildman–Crippen MR) is 92.1 cm³/mol. The SMILES string of the molecule is Cc1[nH]c2ccccc2c1C(=O)C(C#N)=Cc1ccc(C#N)cc1. The number of rotatable bonds is 3. The quantitative estimate of drug-likeness (QED) is 0.448. The van der Waals surface area contributed by atoms with Crippen LogP contribution >= 0.6 is 0 Å². The number of nitrogens with one attached hydrogen (secondary N) is 1. The predicted octanol–water partition coefficient (Wildman–Crippen LogP) is 4.14. The van der Waals surface area contributed by atoms with E-state index in [1.54, 1.807) is 30.3 Å². The Morgan fingerprint density at radius 3 is 2.46 bits per heavy atom. The Morgan fingerprint density at radius 2 is 1.79 bits per heavy atom. The second-order valence-corrected chi connectivity index (χ2v) is 5.40. The molecule has 0 aliphatic rings. The second-order valence-electron chi connectivity index (χ2n) is 5.40. The molecule has 0 fully saturated rings.